The van der Waals surface area contributed by atoms with Crippen molar-refractivity contribution in [2.24, 2.45) is 17.8 Å². The van der Waals surface area contributed by atoms with E-state index in [9.17, 15) is 4.79 Å². The maximum Gasteiger partial charge on any atom is 0.337 e. The van der Waals surface area contributed by atoms with Gasteiger partial charge in [-0.25, -0.2) is 4.79 Å². The molecule has 2 N–H and O–H groups in total. The molecule has 4 heteroatoms. The number of benzene rings is 2. The van der Waals surface area contributed by atoms with Crippen LogP contribution in [0, 0.1) is 17.8 Å². The normalized spacial score (nSPS) is 32.8. The second-order valence-electron chi connectivity index (χ2n) is 12.0. The maximum absolute atomic E-state index is 12.2. The highest BCUT2D eigenvalue weighted by Gasteiger charge is 2.50. The van der Waals surface area contributed by atoms with E-state index in [0.29, 0.717) is 17.1 Å². The van der Waals surface area contributed by atoms with Gasteiger partial charge < -0.3 is 15.4 Å². The monoisotopic (exact) mass is 472 g/mol. The Morgan fingerprint density at radius 1 is 1.03 bits per heavy atom. The highest BCUT2D eigenvalue weighted by molar-refractivity contribution is 5.89. The molecule has 2 atom stereocenters. The van der Waals surface area contributed by atoms with Crippen LogP contribution in [0.15, 0.2) is 42.5 Å². The third kappa shape index (κ3) is 4.50. The first-order valence-electron chi connectivity index (χ1n) is 13.9. The highest BCUT2D eigenvalue weighted by atomic mass is 16.5. The maximum atomic E-state index is 12.2. The van der Waals surface area contributed by atoms with Gasteiger partial charge >= 0.3 is 5.97 Å². The van der Waals surface area contributed by atoms with Crippen molar-refractivity contribution in [2.75, 3.05) is 12.4 Å². The van der Waals surface area contributed by atoms with E-state index in [1.165, 1.54) is 80.9 Å². The predicted molar refractivity (Wildman–Crippen MR) is 141 cm³/mol. The van der Waals surface area contributed by atoms with E-state index in [2.05, 4.69) is 54.0 Å². The molecule has 4 aliphatic carbocycles. The van der Waals surface area contributed by atoms with Gasteiger partial charge in [0, 0.05) is 17.3 Å². The van der Waals surface area contributed by atoms with Crippen LogP contribution in [0.4, 0.5) is 5.69 Å². The molecule has 0 spiro atoms. The number of fused-ring (bicyclic) bond motifs is 1. The zero-order valence-electron chi connectivity index (χ0n) is 21.3. The first-order chi connectivity index (χ1) is 17.0. The van der Waals surface area contributed by atoms with Gasteiger partial charge in [0.2, 0.25) is 0 Å². The minimum absolute atomic E-state index is 0.154. The van der Waals surface area contributed by atoms with Crippen LogP contribution in [-0.4, -0.2) is 24.7 Å². The minimum Gasteiger partial charge on any atom is -0.465 e. The third-order valence-electron chi connectivity index (χ3n) is 9.34. The number of methoxy groups -OCH3 is 1. The van der Waals surface area contributed by atoms with Crippen LogP contribution in [0.3, 0.4) is 0 Å². The SMILES string of the molecule is CCCC[C@H]1Cc2cc(C(=O)OC)ccc2[C@H](c2ccc(NC34CC5CC(CC(C5)C3)C4)cc2)N1. The topological polar surface area (TPSA) is 50.4 Å². The zero-order valence-corrected chi connectivity index (χ0v) is 21.3. The molecule has 0 aromatic heterocycles. The lowest BCUT2D eigenvalue weighted by atomic mass is 9.53. The molecule has 0 saturated heterocycles. The summed E-state index contributed by atoms with van der Waals surface area (Å²) in [4.78, 5) is 12.2. The molecule has 4 nitrogen and oxygen atoms in total. The molecule has 0 radical (unpaired) electrons. The molecule has 0 unspecified atom stereocenters. The molecule has 35 heavy (non-hydrogen) atoms. The fourth-order valence-electron chi connectivity index (χ4n) is 8.20. The van der Waals surface area contributed by atoms with E-state index in [1.807, 2.05) is 6.07 Å². The number of carbonyl (C=O) groups is 1. The van der Waals surface area contributed by atoms with E-state index >= 15 is 0 Å². The van der Waals surface area contributed by atoms with Crippen LogP contribution in [0.25, 0.3) is 0 Å². The van der Waals surface area contributed by atoms with Gasteiger partial charge in [-0.05, 0) is 110 Å². The number of anilines is 1. The summed E-state index contributed by atoms with van der Waals surface area (Å²) in [5, 5.41) is 7.96. The van der Waals surface area contributed by atoms with Gasteiger partial charge in [0.25, 0.3) is 0 Å². The molecule has 4 saturated carbocycles. The molecule has 2 aromatic rings. The fraction of sp³-hybridized carbons (Fsp3) is 0.581. The van der Waals surface area contributed by atoms with Crippen LogP contribution < -0.4 is 10.6 Å². The van der Waals surface area contributed by atoms with Gasteiger partial charge in [-0.3, -0.25) is 0 Å². The average Bonchev–Trinajstić information content (AvgIpc) is 2.85. The van der Waals surface area contributed by atoms with Crippen molar-refractivity contribution in [3.05, 3.63) is 64.7 Å². The summed E-state index contributed by atoms with van der Waals surface area (Å²) in [5.74, 6) is 2.59. The summed E-state index contributed by atoms with van der Waals surface area (Å²) < 4.78 is 4.98. The molecular formula is C31H40N2O2. The van der Waals surface area contributed by atoms with E-state index in [1.54, 1.807) is 0 Å². The van der Waals surface area contributed by atoms with Crippen LogP contribution in [0.5, 0.6) is 0 Å². The van der Waals surface area contributed by atoms with E-state index in [-0.39, 0.29) is 12.0 Å². The zero-order chi connectivity index (χ0) is 24.0. The number of hydrogen-bond acceptors (Lipinski definition) is 4. The number of unbranched alkanes of at least 4 members (excludes halogenated alkanes) is 1. The molecule has 5 aliphatic rings. The van der Waals surface area contributed by atoms with Crippen molar-refractivity contribution in [3.63, 3.8) is 0 Å². The van der Waals surface area contributed by atoms with Crippen LogP contribution >= 0.6 is 0 Å². The second-order valence-corrected chi connectivity index (χ2v) is 12.0. The van der Waals surface area contributed by atoms with Gasteiger partial charge in [-0.15, -0.1) is 0 Å². The predicted octanol–water partition coefficient (Wildman–Crippen LogP) is 6.65. The Kier molecular flexibility index (Phi) is 6.12. The number of carbonyl (C=O) groups excluding carboxylic acids is 1. The number of rotatable bonds is 7. The largest absolute Gasteiger partial charge is 0.465 e. The van der Waals surface area contributed by atoms with E-state index < -0.39 is 0 Å². The Labute approximate surface area is 210 Å². The lowest BCUT2D eigenvalue weighted by Gasteiger charge is -2.57. The Balaban J connectivity index is 1.24. The van der Waals surface area contributed by atoms with E-state index in [4.69, 9.17) is 4.74 Å². The molecule has 186 valence electrons. The van der Waals surface area contributed by atoms with Gasteiger partial charge in [-0.2, -0.15) is 0 Å². The standard InChI is InChI=1S/C31H40N2O2/c1-3-4-5-27-16-25-15-24(30(34)35-2)8-11-28(25)29(32-27)23-6-9-26(10-7-23)33-31-17-20-12-21(18-31)14-22(13-20)19-31/h6-11,15,20-22,27,29,32-33H,3-5,12-14,16-19H2,1-2H3/t20?,21?,22?,27-,29-,31?/m0/s1. The second kappa shape index (κ2) is 9.28. The van der Waals surface area contributed by atoms with Gasteiger partial charge in [-0.1, -0.05) is 38.0 Å². The van der Waals surface area contributed by atoms with Crippen molar-refractivity contribution in [1.29, 1.82) is 0 Å². The fourth-order valence-corrected chi connectivity index (χ4v) is 8.20. The van der Waals surface area contributed by atoms with Crippen LogP contribution in [0.1, 0.15) is 97.8 Å². The Hall–Kier alpha value is -2.33. The highest BCUT2D eigenvalue weighted by Crippen LogP contribution is 2.56. The quantitative estimate of drug-likeness (QED) is 0.443. The third-order valence-corrected chi connectivity index (χ3v) is 9.34. The Bertz CT molecular complexity index is 1040. The molecule has 4 fully saturated rings. The number of ether oxygens (including phenoxy) is 1. The molecule has 1 heterocycles. The smallest absolute Gasteiger partial charge is 0.337 e. The molecule has 2 aromatic carbocycles. The molecule has 4 bridgehead atoms. The van der Waals surface area contributed by atoms with Crippen molar-refractivity contribution >= 4 is 11.7 Å². The molecular weight excluding hydrogens is 432 g/mol. The average molecular weight is 473 g/mol. The summed E-state index contributed by atoms with van der Waals surface area (Å²) in [5.41, 5.74) is 6.11. The lowest BCUT2D eigenvalue weighted by Crippen LogP contribution is -2.54. The number of esters is 1. The van der Waals surface area contributed by atoms with Gasteiger partial charge in [0.1, 0.15) is 0 Å². The first-order valence-corrected chi connectivity index (χ1v) is 13.9. The Morgan fingerprint density at radius 2 is 1.71 bits per heavy atom. The molecule has 0 amide bonds. The molecule has 7 rings (SSSR count). The van der Waals surface area contributed by atoms with E-state index in [0.717, 1.165) is 30.6 Å². The van der Waals surface area contributed by atoms with Gasteiger partial charge in [0.05, 0.1) is 18.7 Å². The van der Waals surface area contributed by atoms with Gasteiger partial charge in [0.15, 0.2) is 0 Å². The lowest BCUT2D eigenvalue weighted by molar-refractivity contribution is 0.0107. The number of nitrogens with one attached hydrogen (secondary N) is 2. The summed E-state index contributed by atoms with van der Waals surface area (Å²) in [6, 6.07) is 15.9. The Morgan fingerprint density at radius 3 is 2.34 bits per heavy atom. The van der Waals surface area contributed by atoms with Crippen molar-refractivity contribution in [3.8, 4) is 0 Å². The summed E-state index contributed by atoms with van der Waals surface area (Å²) >= 11 is 0. The minimum atomic E-state index is -0.256. The van der Waals surface area contributed by atoms with Crippen LogP contribution in [0.2, 0.25) is 0 Å². The van der Waals surface area contributed by atoms with Crippen molar-refractivity contribution in [2.45, 2.75) is 88.8 Å². The molecule has 1 aliphatic heterocycles. The first kappa shape index (κ1) is 23.1. The van der Waals surface area contributed by atoms with Crippen molar-refractivity contribution in [1.82, 2.24) is 5.32 Å². The van der Waals surface area contributed by atoms with Crippen LogP contribution in [-0.2, 0) is 11.2 Å². The summed E-state index contributed by atoms with van der Waals surface area (Å²) in [6.07, 6.45) is 13.0. The summed E-state index contributed by atoms with van der Waals surface area (Å²) in [7, 11) is 1.45. The number of hydrogen-bond donors (Lipinski definition) is 2. The van der Waals surface area contributed by atoms with Crippen molar-refractivity contribution < 1.29 is 9.53 Å². The summed E-state index contributed by atoms with van der Waals surface area (Å²) in [6.45, 7) is 2.25.